The number of rotatable bonds is 3. The van der Waals surface area contributed by atoms with Crippen molar-refractivity contribution in [2.45, 2.75) is 6.92 Å². The second-order valence-corrected chi connectivity index (χ2v) is 3.74. The zero-order chi connectivity index (χ0) is 11.4. The summed E-state index contributed by atoms with van der Waals surface area (Å²) in [7, 11) is -1.69. The molecule has 0 spiro atoms. The highest BCUT2D eigenvalue weighted by atomic mass is 79.9. The Morgan fingerprint density at radius 2 is 2.20 bits per heavy atom. The van der Waals surface area contributed by atoms with Gasteiger partial charge in [0.05, 0.1) is 12.2 Å². The molecule has 80 valence electrons. The Morgan fingerprint density at radius 3 is 2.73 bits per heavy atom. The highest BCUT2D eigenvalue weighted by Gasteiger charge is 2.21. The van der Waals surface area contributed by atoms with Crippen LogP contribution in [0.5, 0.6) is 0 Å². The monoisotopic (exact) mass is 272 g/mol. The van der Waals surface area contributed by atoms with Crippen LogP contribution in [0.25, 0.3) is 0 Å². The number of hydrogen-bond acceptors (Lipinski definition) is 4. The summed E-state index contributed by atoms with van der Waals surface area (Å²) >= 11 is 3.18. The molecule has 0 atom stereocenters. The summed E-state index contributed by atoms with van der Waals surface area (Å²) in [5.74, 6) is -0.562. The van der Waals surface area contributed by atoms with Crippen molar-refractivity contribution >= 4 is 34.5 Å². The number of carbonyl (C=O) groups excluding carboxylic acids is 1. The maximum Gasteiger partial charge on any atom is 0.489 e. The van der Waals surface area contributed by atoms with Crippen molar-refractivity contribution in [3.05, 3.63) is 28.2 Å². The largest absolute Gasteiger partial charge is 0.489 e. The molecule has 1 rings (SSSR count). The Kier molecular flexibility index (Phi) is 4.32. The molecule has 1 aromatic carbocycles. The van der Waals surface area contributed by atoms with E-state index < -0.39 is 13.1 Å². The maximum atomic E-state index is 11.4. The summed E-state index contributed by atoms with van der Waals surface area (Å²) in [5, 5.41) is 18.1. The van der Waals surface area contributed by atoms with E-state index in [4.69, 9.17) is 14.8 Å². The van der Waals surface area contributed by atoms with Gasteiger partial charge in [-0.05, 0) is 30.6 Å². The van der Waals surface area contributed by atoms with Crippen molar-refractivity contribution < 1.29 is 19.6 Å². The van der Waals surface area contributed by atoms with Crippen LogP contribution in [0.3, 0.4) is 0 Å². The fourth-order valence-electron chi connectivity index (χ4n) is 1.14. The first kappa shape index (κ1) is 12.2. The Morgan fingerprint density at radius 1 is 1.53 bits per heavy atom. The number of carbonyl (C=O) groups is 1. The predicted molar refractivity (Wildman–Crippen MR) is 59.9 cm³/mol. The predicted octanol–water partition coefficient (Wildman–Crippen LogP) is 0.306. The van der Waals surface area contributed by atoms with Crippen LogP contribution < -0.4 is 5.46 Å². The van der Waals surface area contributed by atoms with Crippen LogP contribution in [-0.2, 0) is 4.74 Å². The summed E-state index contributed by atoms with van der Waals surface area (Å²) in [6, 6.07) is 4.59. The van der Waals surface area contributed by atoms with Crippen molar-refractivity contribution in [1.82, 2.24) is 0 Å². The molecule has 0 aliphatic heterocycles. The zero-order valence-electron chi connectivity index (χ0n) is 8.11. The van der Waals surface area contributed by atoms with E-state index >= 15 is 0 Å². The number of halogens is 1. The van der Waals surface area contributed by atoms with Crippen LogP contribution >= 0.6 is 15.9 Å². The molecule has 6 heteroatoms. The minimum atomic E-state index is -1.69. The third-order valence-electron chi connectivity index (χ3n) is 1.79. The van der Waals surface area contributed by atoms with Gasteiger partial charge in [0, 0.05) is 4.47 Å². The van der Waals surface area contributed by atoms with Gasteiger partial charge in [0.25, 0.3) is 0 Å². The number of hydrogen-bond donors (Lipinski definition) is 2. The van der Waals surface area contributed by atoms with Crippen molar-refractivity contribution in [2.24, 2.45) is 0 Å². The first-order valence-electron chi connectivity index (χ1n) is 4.39. The molecule has 0 radical (unpaired) electrons. The lowest BCUT2D eigenvalue weighted by Crippen LogP contribution is -2.35. The third-order valence-corrected chi connectivity index (χ3v) is 2.28. The quantitative estimate of drug-likeness (QED) is 0.614. The summed E-state index contributed by atoms with van der Waals surface area (Å²) in [5.41, 5.74) is 0.290. The van der Waals surface area contributed by atoms with E-state index in [1.807, 2.05) is 0 Å². The van der Waals surface area contributed by atoms with Crippen LogP contribution in [-0.4, -0.2) is 29.7 Å². The van der Waals surface area contributed by atoms with Crippen molar-refractivity contribution in [1.29, 1.82) is 0 Å². The summed E-state index contributed by atoms with van der Waals surface area (Å²) < 4.78 is 5.45. The maximum absolute atomic E-state index is 11.4. The molecule has 0 amide bonds. The lowest BCUT2D eigenvalue weighted by Gasteiger charge is -2.08. The lowest BCUT2D eigenvalue weighted by atomic mass is 9.77. The normalized spacial score (nSPS) is 9.87. The van der Waals surface area contributed by atoms with Gasteiger partial charge in [0.1, 0.15) is 0 Å². The van der Waals surface area contributed by atoms with Gasteiger partial charge >= 0.3 is 13.1 Å². The second kappa shape index (κ2) is 5.30. The Bertz CT molecular complexity index is 367. The third kappa shape index (κ3) is 3.05. The summed E-state index contributed by atoms with van der Waals surface area (Å²) in [6.45, 7) is 1.93. The average Bonchev–Trinajstić information content (AvgIpc) is 2.17. The van der Waals surface area contributed by atoms with Gasteiger partial charge < -0.3 is 14.8 Å². The molecule has 0 unspecified atom stereocenters. The molecule has 0 aromatic heterocycles. The molecule has 0 aliphatic carbocycles. The van der Waals surface area contributed by atoms with Crippen LogP contribution in [0.15, 0.2) is 22.7 Å². The van der Waals surface area contributed by atoms with E-state index in [0.717, 1.165) is 0 Å². The van der Waals surface area contributed by atoms with Crippen LogP contribution in [0, 0.1) is 0 Å². The molecule has 4 nitrogen and oxygen atoms in total. The van der Waals surface area contributed by atoms with E-state index in [1.165, 1.54) is 12.1 Å². The molecule has 2 N–H and O–H groups in total. The molecule has 1 aromatic rings. The van der Waals surface area contributed by atoms with E-state index in [1.54, 1.807) is 13.0 Å². The molecule has 0 fully saturated rings. The van der Waals surface area contributed by atoms with Crippen LogP contribution in [0.2, 0.25) is 0 Å². The van der Waals surface area contributed by atoms with Gasteiger partial charge in [0.2, 0.25) is 0 Å². The van der Waals surface area contributed by atoms with Gasteiger partial charge in [-0.15, -0.1) is 0 Å². The fourth-order valence-corrected chi connectivity index (χ4v) is 1.52. The smallest absolute Gasteiger partial charge is 0.462 e. The van der Waals surface area contributed by atoms with E-state index in [9.17, 15) is 4.79 Å². The number of ether oxygens (including phenoxy) is 1. The molecular weight excluding hydrogens is 263 g/mol. The molecular formula is C9H10BBrO4. The van der Waals surface area contributed by atoms with Gasteiger partial charge in [-0.3, -0.25) is 0 Å². The summed E-state index contributed by atoms with van der Waals surface area (Å²) in [6.07, 6.45) is 0. The summed E-state index contributed by atoms with van der Waals surface area (Å²) in [4.78, 5) is 11.4. The van der Waals surface area contributed by atoms with E-state index in [-0.39, 0.29) is 17.6 Å². The Balaban J connectivity index is 3.11. The SMILES string of the molecule is CCOC(=O)c1ccc(Br)cc1B(O)O. The van der Waals surface area contributed by atoms with Gasteiger partial charge in [-0.25, -0.2) is 4.79 Å². The van der Waals surface area contributed by atoms with Crippen molar-refractivity contribution in [3.63, 3.8) is 0 Å². The first-order valence-corrected chi connectivity index (χ1v) is 5.18. The van der Waals surface area contributed by atoms with Gasteiger partial charge in [0.15, 0.2) is 0 Å². The minimum absolute atomic E-state index is 0.128. The molecule has 0 saturated carbocycles. The molecule has 0 aliphatic rings. The van der Waals surface area contributed by atoms with Crippen molar-refractivity contribution in [2.75, 3.05) is 6.61 Å². The van der Waals surface area contributed by atoms with Gasteiger partial charge in [-0.1, -0.05) is 15.9 Å². The Labute approximate surface area is 96.1 Å². The average molecular weight is 273 g/mol. The number of esters is 1. The van der Waals surface area contributed by atoms with Crippen LogP contribution in [0.1, 0.15) is 17.3 Å². The van der Waals surface area contributed by atoms with E-state index in [0.29, 0.717) is 4.47 Å². The molecule has 0 bridgehead atoms. The Hall–Kier alpha value is -0.845. The zero-order valence-corrected chi connectivity index (χ0v) is 9.69. The second-order valence-electron chi connectivity index (χ2n) is 2.83. The molecule has 15 heavy (non-hydrogen) atoms. The van der Waals surface area contributed by atoms with E-state index in [2.05, 4.69) is 15.9 Å². The van der Waals surface area contributed by atoms with Crippen LogP contribution in [0.4, 0.5) is 0 Å². The fraction of sp³-hybridized carbons (Fsp3) is 0.222. The lowest BCUT2D eigenvalue weighted by molar-refractivity contribution is 0.0527. The van der Waals surface area contributed by atoms with Crippen molar-refractivity contribution in [3.8, 4) is 0 Å². The number of benzene rings is 1. The first-order chi connectivity index (χ1) is 7.06. The standard InChI is InChI=1S/C9H10BBrO4/c1-2-15-9(12)7-4-3-6(11)5-8(7)10(13)14/h3-5,13-14H,2H2,1H3. The molecule has 0 heterocycles. The highest BCUT2D eigenvalue weighted by Crippen LogP contribution is 2.10. The highest BCUT2D eigenvalue weighted by molar-refractivity contribution is 9.10. The topological polar surface area (TPSA) is 66.8 Å². The van der Waals surface area contributed by atoms with Gasteiger partial charge in [-0.2, -0.15) is 0 Å². The molecule has 0 saturated heterocycles. The minimum Gasteiger partial charge on any atom is -0.462 e.